The molecule has 0 saturated carbocycles. The number of nitrogens with zero attached hydrogens (tertiary/aromatic N) is 2. The molecule has 27 heavy (non-hydrogen) atoms. The van der Waals surface area contributed by atoms with Gasteiger partial charge in [0.25, 0.3) is 5.56 Å². The first-order valence-corrected chi connectivity index (χ1v) is 9.92. The van der Waals surface area contributed by atoms with Crippen molar-refractivity contribution in [3.8, 4) is 5.75 Å². The fourth-order valence-electron chi connectivity index (χ4n) is 3.00. The van der Waals surface area contributed by atoms with Gasteiger partial charge in [0.05, 0.1) is 0 Å². The summed E-state index contributed by atoms with van der Waals surface area (Å²) in [6, 6.07) is 5.50. The van der Waals surface area contributed by atoms with E-state index in [1.807, 2.05) is 0 Å². The minimum Gasteiger partial charge on any atom is -0.490 e. The summed E-state index contributed by atoms with van der Waals surface area (Å²) in [6.45, 7) is 2.02. The lowest BCUT2D eigenvalue weighted by molar-refractivity contribution is 0.134. The minimum absolute atomic E-state index is 0.118. The Morgan fingerprint density at radius 1 is 1.11 bits per heavy atom. The Kier molecular flexibility index (Phi) is 5.34. The van der Waals surface area contributed by atoms with Gasteiger partial charge in [0.15, 0.2) is 0 Å². The summed E-state index contributed by atoms with van der Waals surface area (Å²) in [5.41, 5.74) is 0.561. The highest BCUT2D eigenvalue weighted by Crippen LogP contribution is 2.25. The molecule has 0 amide bonds. The Bertz CT molecular complexity index is 1010. The molecule has 0 radical (unpaired) electrons. The van der Waals surface area contributed by atoms with Gasteiger partial charge in [-0.05, 0) is 44.0 Å². The van der Waals surface area contributed by atoms with Gasteiger partial charge in [0.1, 0.15) is 28.4 Å². The Labute approximate surface area is 156 Å². The van der Waals surface area contributed by atoms with E-state index in [1.54, 1.807) is 20.0 Å². The number of rotatable bonds is 4. The Morgan fingerprint density at radius 3 is 2.41 bits per heavy atom. The average molecular weight is 398 g/mol. The molecular weight excluding hydrogens is 378 g/mol. The second kappa shape index (κ2) is 7.40. The van der Waals surface area contributed by atoms with Gasteiger partial charge < -0.3 is 9.30 Å². The van der Waals surface area contributed by atoms with Crippen molar-refractivity contribution < 1.29 is 21.9 Å². The maximum absolute atomic E-state index is 13.9. The molecule has 1 aliphatic heterocycles. The summed E-state index contributed by atoms with van der Waals surface area (Å²) in [6.07, 6.45) is 0.495. The fourth-order valence-corrected chi connectivity index (χ4v) is 4.55. The predicted octanol–water partition coefficient (Wildman–Crippen LogP) is 2.20. The number of hydrogen-bond donors (Lipinski definition) is 0. The molecular formula is C18H20F2N2O4S. The van der Waals surface area contributed by atoms with E-state index in [4.69, 9.17) is 4.74 Å². The van der Waals surface area contributed by atoms with Crippen LogP contribution >= 0.6 is 0 Å². The molecule has 1 aliphatic rings. The van der Waals surface area contributed by atoms with Crippen LogP contribution in [0.15, 0.2) is 40.0 Å². The van der Waals surface area contributed by atoms with Crippen LogP contribution in [0, 0.1) is 18.6 Å². The zero-order valence-electron chi connectivity index (χ0n) is 15.0. The maximum Gasteiger partial charge on any atom is 0.254 e. The molecule has 0 bridgehead atoms. The maximum atomic E-state index is 13.9. The Hall–Kier alpha value is -2.26. The largest absolute Gasteiger partial charge is 0.490 e. The zero-order chi connectivity index (χ0) is 19.8. The summed E-state index contributed by atoms with van der Waals surface area (Å²) >= 11 is 0. The van der Waals surface area contributed by atoms with E-state index in [1.165, 1.54) is 10.6 Å². The van der Waals surface area contributed by atoms with Crippen molar-refractivity contribution in [1.29, 1.82) is 0 Å². The van der Waals surface area contributed by atoms with Crippen molar-refractivity contribution in [2.24, 2.45) is 7.05 Å². The molecule has 0 N–H and O–H groups in total. The van der Waals surface area contributed by atoms with Gasteiger partial charge >= 0.3 is 0 Å². The van der Waals surface area contributed by atoms with Crippen molar-refractivity contribution in [3.63, 3.8) is 0 Å². The third-order valence-corrected chi connectivity index (χ3v) is 6.60. The van der Waals surface area contributed by atoms with Gasteiger partial charge in [-0.25, -0.2) is 17.2 Å². The van der Waals surface area contributed by atoms with E-state index in [2.05, 4.69) is 0 Å². The highest BCUT2D eigenvalue weighted by molar-refractivity contribution is 7.89. The number of aryl methyl sites for hydroxylation is 1. The third kappa shape index (κ3) is 4.03. The van der Waals surface area contributed by atoms with Crippen LogP contribution in [-0.4, -0.2) is 36.5 Å². The summed E-state index contributed by atoms with van der Waals surface area (Å²) in [7, 11) is -2.46. The first-order chi connectivity index (χ1) is 12.7. The van der Waals surface area contributed by atoms with E-state index in [0.717, 1.165) is 22.1 Å². The number of halogens is 2. The molecule has 6 nitrogen and oxygen atoms in total. The van der Waals surface area contributed by atoms with Crippen LogP contribution in [-0.2, 0) is 17.1 Å². The number of piperidine rings is 1. The van der Waals surface area contributed by atoms with Crippen LogP contribution in [0.5, 0.6) is 5.75 Å². The Morgan fingerprint density at radius 2 is 1.78 bits per heavy atom. The molecule has 0 aliphatic carbocycles. The van der Waals surface area contributed by atoms with E-state index in [-0.39, 0.29) is 24.8 Å². The second-order valence-electron chi connectivity index (χ2n) is 6.53. The normalized spacial score (nSPS) is 16.4. The monoisotopic (exact) mass is 398 g/mol. The molecule has 2 heterocycles. The van der Waals surface area contributed by atoms with Crippen molar-refractivity contribution in [1.82, 2.24) is 8.87 Å². The lowest BCUT2D eigenvalue weighted by Gasteiger charge is -2.31. The fraction of sp³-hybridized carbons (Fsp3) is 0.389. The molecule has 0 unspecified atom stereocenters. The van der Waals surface area contributed by atoms with Crippen LogP contribution in [0.1, 0.15) is 18.5 Å². The lowest BCUT2D eigenvalue weighted by atomic mass is 10.1. The number of aromatic nitrogens is 1. The first kappa shape index (κ1) is 19.5. The number of hydrogen-bond acceptors (Lipinski definition) is 4. The minimum atomic E-state index is -4.12. The van der Waals surface area contributed by atoms with Crippen molar-refractivity contribution in [3.05, 3.63) is 58.0 Å². The molecule has 2 aromatic rings. The van der Waals surface area contributed by atoms with Crippen LogP contribution in [0.4, 0.5) is 8.78 Å². The molecule has 3 rings (SSSR count). The number of pyridine rings is 1. The number of ether oxygens (including phenoxy) is 1. The van der Waals surface area contributed by atoms with E-state index < -0.39 is 26.6 Å². The molecule has 9 heteroatoms. The summed E-state index contributed by atoms with van der Waals surface area (Å²) in [5.74, 6) is -1.35. The third-order valence-electron chi connectivity index (χ3n) is 4.69. The van der Waals surface area contributed by atoms with Crippen LogP contribution < -0.4 is 10.3 Å². The van der Waals surface area contributed by atoms with E-state index >= 15 is 0 Å². The molecule has 1 fully saturated rings. The molecule has 146 valence electrons. The summed E-state index contributed by atoms with van der Waals surface area (Å²) < 4.78 is 60.8. The van der Waals surface area contributed by atoms with Gasteiger partial charge in [0.2, 0.25) is 10.0 Å². The highest BCUT2D eigenvalue weighted by atomic mass is 32.2. The smallest absolute Gasteiger partial charge is 0.254 e. The van der Waals surface area contributed by atoms with E-state index in [9.17, 15) is 22.0 Å². The Balaban J connectivity index is 1.70. The van der Waals surface area contributed by atoms with Crippen LogP contribution in [0.3, 0.4) is 0 Å². The molecule has 1 aromatic heterocycles. The van der Waals surface area contributed by atoms with Crippen LogP contribution in [0.2, 0.25) is 0 Å². The van der Waals surface area contributed by atoms with Gasteiger partial charge in [-0.15, -0.1) is 0 Å². The quantitative estimate of drug-likeness (QED) is 0.792. The highest BCUT2D eigenvalue weighted by Gasteiger charge is 2.32. The summed E-state index contributed by atoms with van der Waals surface area (Å²) in [5, 5.41) is 0. The molecule has 0 atom stereocenters. The topological polar surface area (TPSA) is 68.6 Å². The SMILES string of the molecule is Cc1cc(OC2CCN(S(=O)(=O)c3cc(F)ccc3F)CC2)cc(=O)n1C. The summed E-state index contributed by atoms with van der Waals surface area (Å²) in [4.78, 5) is 11.2. The van der Waals surface area contributed by atoms with E-state index in [0.29, 0.717) is 24.7 Å². The van der Waals surface area contributed by atoms with Crippen molar-refractivity contribution in [2.75, 3.05) is 13.1 Å². The number of sulfonamides is 1. The first-order valence-electron chi connectivity index (χ1n) is 8.48. The average Bonchev–Trinajstić information content (AvgIpc) is 2.62. The zero-order valence-corrected chi connectivity index (χ0v) is 15.8. The lowest BCUT2D eigenvalue weighted by Crippen LogP contribution is -2.42. The van der Waals surface area contributed by atoms with Gasteiger partial charge in [-0.2, -0.15) is 4.31 Å². The van der Waals surface area contributed by atoms with Crippen molar-refractivity contribution in [2.45, 2.75) is 30.8 Å². The molecule has 1 saturated heterocycles. The molecule has 1 aromatic carbocycles. The second-order valence-corrected chi connectivity index (χ2v) is 8.43. The van der Waals surface area contributed by atoms with Gasteiger partial charge in [-0.3, -0.25) is 4.79 Å². The number of benzene rings is 1. The predicted molar refractivity (Wildman–Crippen MR) is 95.2 cm³/mol. The standard InChI is InChI=1S/C18H20F2N2O4S/c1-12-9-15(11-18(23)21(12)2)26-14-5-7-22(8-6-14)27(24,25)17-10-13(19)3-4-16(17)20/h3-4,9-11,14H,5-8H2,1-2H3. The molecule has 0 spiro atoms. The van der Waals surface area contributed by atoms with Crippen molar-refractivity contribution >= 4 is 10.0 Å². The van der Waals surface area contributed by atoms with Crippen LogP contribution in [0.25, 0.3) is 0 Å². The van der Waals surface area contributed by atoms with Gasteiger partial charge in [-0.1, -0.05) is 0 Å². The van der Waals surface area contributed by atoms with Gasteiger partial charge in [0, 0.05) is 31.9 Å².